The van der Waals surface area contributed by atoms with E-state index in [9.17, 15) is 49.1 Å². The van der Waals surface area contributed by atoms with Crippen molar-refractivity contribution in [1.29, 1.82) is 0 Å². The Labute approximate surface area is 238 Å². The van der Waals surface area contributed by atoms with Crippen molar-refractivity contribution >= 4 is 22.8 Å². The molecule has 0 spiro atoms. The highest BCUT2D eigenvalue weighted by Gasteiger charge is 2.49. The van der Waals surface area contributed by atoms with E-state index in [1.165, 1.54) is 25.1 Å². The normalized spacial score (nSPS) is 14.5. The van der Waals surface area contributed by atoms with Gasteiger partial charge in [-0.25, -0.2) is 4.98 Å². The van der Waals surface area contributed by atoms with Gasteiger partial charge < -0.3 is 15.6 Å². The minimum atomic E-state index is -4.68. The smallest absolute Gasteiger partial charge is 0.350 e. The van der Waals surface area contributed by atoms with Crippen molar-refractivity contribution in [2.24, 2.45) is 5.41 Å². The molecule has 0 fully saturated rings. The molecule has 0 bridgehead atoms. The molecular formula is C25H28F9N7O2. The average Bonchev–Trinajstić information content (AvgIpc) is 3.51. The number of hydrogen-bond donors (Lipinski definition) is 3. The van der Waals surface area contributed by atoms with Crippen LogP contribution in [0.2, 0.25) is 0 Å². The van der Waals surface area contributed by atoms with Crippen LogP contribution in [0.3, 0.4) is 0 Å². The molecule has 1 aromatic carbocycles. The van der Waals surface area contributed by atoms with Gasteiger partial charge >= 0.3 is 18.5 Å². The number of carbonyl (C=O) groups excluding carboxylic acids is 2. The van der Waals surface area contributed by atoms with Crippen LogP contribution >= 0.6 is 0 Å². The van der Waals surface area contributed by atoms with Gasteiger partial charge in [0.15, 0.2) is 5.69 Å². The summed E-state index contributed by atoms with van der Waals surface area (Å²) in [5.74, 6) is -1.91. The quantitative estimate of drug-likeness (QED) is 0.223. The highest BCUT2D eigenvalue weighted by molar-refractivity contribution is 5.92. The van der Waals surface area contributed by atoms with Crippen LogP contribution in [-0.2, 0) is 11.3 Å². The lowest BCUT2D eigenvalue weighted by Gasteiger charge is -2.31. The second-order valence-corrected chi connectivity index (χ2v) is 10.6. The van der Waals surface area contributed by atoms with E-state index in [1.807, 2.05) is 0 Å². The van der Waals surface area contributed by atoms with Gasteiger partial charge in [-0.05, 0) is 31.0 Å². The molecule has 2 heterocycles. The lowest BCUT2D eigenvalue weighted by molar-refractivity contribution is -0.215. The van der Waals surface area contributed by atoms with Crippen LogP contribution in [0.1, 0.15) is 80.4 Å². The molecule has 2 atom stereocenters. The van der Waals surface area contributed by atoms with E-state index >= 15 is 0 Å². The zero-order chi connectivity index (χ0) is 32.4. The molecule has 18 heteroatoms. The van der Waals surface area contributed by atoms with Crippen molar-refractivity contribution in [3.63, 3.8) is 0 Å². The third-order valence-electron chi connectivity index (χ3n) is 6.52. The lowest BCUT2D eigenvalue weighted by Crippen LogP contribution is -2.39. The first-order valence-electron chi connectivity index (χ1n) is 12.8. The van der Waals surface area contributed by atoms with Crippen LogP contribution in [0.25, 0.3) is 11.0 Å². The fourth-order valence-corrected chi connectivity index (χ4v) is 3.94. The Morgan fingerprint density at radius 2 is 1.63 bits per heavy atom. The molecule has 2 amide bonds. The minimum Gasteiger partial charge on any atom is -0.350 e. The third-order valence-corrected chi connectivity index (χ3v) is 6.52. The Balaban J connectivity index is 1.84. The summed E-state index contributed by atoms with van der Waals surface area (Å²) >= 11 is 0. The number of aromatic amines is 1. The van der Waals surface area contributed by atoms with Crippen molar-refractivity contribution in [1.82, 2.24) is 35.6 Å². The first-order chi connectivity index (χ1) is 19.6. The number of amides is 2. The van der Waals surface area contributed by atoms with Gasteiger partial charge in [-0.2, -0.15) is 49.4 Å². The summed E-state index contributed by atoms with van der Waals surface area (Å²) in [6, 6.07) is 2.40. The highest BCUT2D eigenvalue weighted by atomic mass is 19.4. The van der Waals surface area contributed by atoms with Gasteiger partial charge in [0.2, 0.25) is 5.91 Å². The van der Waals surface area contributed by atoms with Crippen LogP contribution < -0.4 is 10.6 Å². The maximum Gasteiger partial charge on any atom is 0.394 e. The number of hydrogen-bond acceptors (Lipinski definition) is 5. The second kappa shape index (κ2) is 12.4. The van der Waals surface area contributed by atoms with Crippen molar-refractivity contribution < 1.29 is 49.1 Å². The van der Waals surface area contributed by atoms with E-state index in [0.717, 1.165) is 20.0 Å². The molecule has 3 rings (SSSR count). The summed E-state index contributed by atoms with van der Waals surface area (Å²) in [4.78, 5) is 32.6. The molecule has 0 radical (unpaired) electrons. The topological polar surface area (TPSA) is 118 Å². The summed E-state index contributed by atoms with van der Waals surface area (Å²) in [5, 5.41) is 12.1. The van der Waals surface area contributed by atoms with Crippen molar-refractivity contribution in [2.75, 3.05) is 0 Å². The Morgan fingerprint density at radius 3 is 2.23 bits per heavy atom. The summed E-state index contributed by atoms with van der Waals surface area (Å²) in [6.07, 6.45) is -16.8. The fourth-order valence-electron chi connectivity index (χ4n) is 3.94. The summed E-state index contributed by atoms with van der Waals surface area (Å²) < 4.78 is 116. The van der Waals surface area contributed by atoms with E-state index in [0.29, 0.717) is 15.9 Å². The van der Waals surface area contributed by atoms with Gasteiger partial charge in [-0.3, -0.25) is 9.59 Å². The molecule has 2 aromatic heterocycles. The number of halogens is 9. The first-order valence-corrected chi connectivity index (χ1v) is 12.8. The predicted octanol–water partition coefficient (Wildman–Crippen LogP) is 6.08. The van der Waals surface area contributed by atoms with Gasteiger partial charge in [0.1, 0.15) is 5.82 Å². The van der Waals surface area contributed by atoms with E-state index in [2.05, 4.69) is 30.8 Å². The van der Waals surface area contributed by atoms with Crippen LogP contribution in [0.5, 0.6) is 0 Å². The number of nitrogens with zero attached hydrogens (tertiary/aromatic N) is 4. The number of nitrogens with one attached hydrogen (secondary N) is 3. The van der Waals surface area contributed by atoms with Crippen LogP contribution in [0, 0.1) is 5.41 Å². The van der Waals surface area contributed by atoms with Gasteiger partial charge in [-0.15, -0.1) is 5.10 Å². The number of alkyl halides is 9. The number of benzene rings is 1. The Hall–Kier alpha value is -3.86. The summed E-state index contributed by atoms with van der Waals surface area (Å²) in [7, 11) is 0. The monoisotopic (exact) mass is 629 g/mol. The number of fused-ring (bicyclic) bond motifs is 1. The van der Waals surface area contributed by atoms with Gasteiger partial charge in [0, 0.05) is 6.42 Å². The number of carbonyl (C=O) groups is 2. The molecule has 3 N–H and O–H groups in total. The zero-order valence-electron chi connectivity index (χ0n) is 23.0. The zero-order valence-corrected chi connectivity index (χ0v) is 23.0. The maximum absolute atomic E-state index is 13.8. The molecule has 0 unspecified atom stereocenters. The van der Waals surface area contributed by atoms with Gasteiger partial charge in [0.25, 0.3) is 5.91 Å². The molecule has 0 saturated carbocycles. The van der Waals surface area contributed by atoms with E-state index in [1.54, 1.807) is 0 Å². The maximum atomic E-state index is 13.8. The molecule has 0 aliphatic carbocycles. The number of aryl methyl sites for hydroxylation is 1. The number of aromatic nitrogens is 5. The SMILES string of the molecule is C[C@@H](NC(=O)CCC(F)(F)F)c1ccc2nc([C@H](CC(C)(C)C(F)(F)F)NC(=O)c3cnn(CCC(F)(F)F)n3)[nH]c2c1. The van der Waals surface area contributed by atoms with E-state index < -0.39 is 85.8 Å². The lowest BCUT2D eigenvalue weighted by atomic mass is 9.84. The number of H-pyrrole nitrogens is 1. The van der Waals surface area contributed by atoms with Crippen molar-refractivity contribution in [2.45, 2.75) is 83.6 Å². The molecule has 9 nitrogen and oxygen atoms in total. The van der Waals surface area contributed by atoms with Crippen LogP contribution in [0.4, 0.5) is 39.5 Å². The average molecular weight is 630 g/mol. The van der Waals surface area contributed by atoms with E-state index in [4.69, 9.17) is 0 Å². The van der Waals surface area contributed by atoms with Crippen LogP contribution in [-0.4, -0.2) is 55.3 Å². The molecule has 0 aliphatic rings. The van der Waals surface area contributed by atoms with Crippen molar-refractivity contribution in [3.8, 4) is 0 Å². The molecule has 238 valence electrons. The van der Waals surface area contributed by atoms with Crippen LogP contribution in [0.15, 0.2) is 24.4 Å². The van der Waals surface area contributed by atoms with E-state index in [-0.39, 0.29) is 11.3 Å². The molecule has 43 heavy (non-hydrogen) atoms. The van der Waals surface area contributed by atoms with Gasteiger partial charge in [0.05, 0.1) is 54.1 Å². The second-order valence-electron chi connectivity index (χ2n) is 10.6. The van der Waals surface area contributed by atoms with Crippen molar-refractivity contribution in [3.05, 3.63) is 41.5 Å². The molecular weight excluding hydrogens is 601 g/mol. The largest absolute Gasteiger partial charge is 0.394 e. The Kier molecular flexibility index (Phi) is 9.70. The molecule has 0 saturated heterocycles. The Morgan fingerprint density at radius 1 is 0.977 bits per heavy atom. The summed E-state index contributed by atoms with van der Waals surface area (Å²) in [6.45, 7) is 2.70. The number of imidazole rings is 1. The first kappa shape index (κ1) is 33.6. The fraction of sp³-hybridized carbons (Fsp3) is 0.560. The number of rotatable bonds is 11. The standard InChI is InChI=1S/C25H28F9N7O2/c1-13(36-19(42)6-7-23(26,27)28)14-4-5-15-16(10-14)38-20(37-15)17(11-22(2,3)25(32,33)34)39-21(43)18-12-35-41(40-18)9-8-24(29,30)31/h4-5,10,12-13,17H,6-9,11H2,1-3H3,(H,36,42)(H,37,38)(H,39,43)/t13-,17+/m1/s1. The predicted molar refractivity (Wildman–Crippen MR) is 133 cm³/mol. The minimum absolute atomic E-state index is 0.0795. The Bertz CT molecular complexity index is 1420. The molecule has 0 aliphatic heterocycles. The third kappa shape index (κ3) is 9.57. The molecule has 3 aromatic rings. The summed E-state index contributed by atoms with van der Waals surface area (Å²) in [5.41, 5.74) is -1.73. The highest BCUT2D eigenvalue weighted by Crippen LogP contribution is 2.43. The van der Waals surface area contributed by atoms with Gasteiger partial charge in [-0.1, -0.05) is 19.9 Å².